The van der Waals surface area contributed by atoms with Crippen molar-refractivity contribution in [2.24, 2.45) is 0 Å². The third-order valence-electron chi connectivity index (χ3n) is 3.49. The molecule has 0 amide bonds. The van der Waals surface area contributed by atoms with E-state index in [0.29, 0.717) is 0 Å². The zero-order chi connectivity index (χ0) is 11.6. The first-order chi connectivity index (χ1) is 7.86. The molecule has 2 aliphatic carbocycles. The van der Waals surface area contributed by atoms with E-state index < -0.39 is 0 Å². The third-order valence-corrected chi connectivity index (χ3v) is 5.20. The molecule has 92 valence electrons. The first kappa shape index (κ1) is 13.8. The molecule has 16 heavy (non-hydrogen) atoms. The van der Waals surface area contributed by atoms with Crippen LogP contribution in [0.1, 0.15) is 64.2 Å². The smallest absolute Gasteiger partial charge is 0.245 e. The molecule has 0 bridgehead atoms. The maximum atomic E-state index is 7.08. The summed E-state index contributed by atoms with van der Waals surface area (Å²) in [6, 6.07) is 0. The van der Waals surface area contributed by atoms with Crippen molar-refractivity contribution in [3.8, 4) is 0 Å². The van der Waals surface area contributed by atoms with E-state index in [1.54, 1.807) is 0 Å². The summed E-state index contributed by atoms with van der Waals surface area (Å²) in [4.78, 5) is 2.25. The van der Waals surface area contributed by atoms with Gasteiger partial charge in [0, 0.05) is 10.5 Å². The van der Waals surface area contributed by atoms with Crippen LogP contribution in [0, 0.1) is 0 Å². The lowest BCUT2D eigenvalue weighted by Gasteiger charge is -2.28. The van der Waals surface area contributed by atoms with Gasteiger partial charge in [0.05, 0.1) is 0 Å². The average molecular weight is 240 g/mol. The highest BCUT2D eigenvalue weighted by atomic mass is 32.2. The van der Waals surface area contributed by atoms with Crippen LogP contribution >= 0.6 is 11.8 Å². The number of hydrogen-bond acceptors (Lipinski definition) is 1. The summed E-state index contributed by atoms with van der Waals surface area (Å²) in [6.45, 7) is 2.67. The normalized spacial score (nSPS) is 23.0. The van der Waals surface area contributed by atoms with E-state index in [0.717, 1.165) is 10.5 Å². The fourth-order valence-electron chi connectivity index (χ4n) is 2.67. The Kier molecular flexibility index (Phi) is 7.62. The Balaban J connectivity index is 0.000000386. The van der Waals surface area contributed by atoms with E-state index in [2.05, 4.69) is 23.3 Å². The molecular weight excluding hydrogens is 216 g/mol. The van der Waals surface area contributed by atoms with Crippen LogP contribution in [-0.2, 0) is 0 Å². The Morgan fingerprint density at radius 2 is 1.12 bits per heavy atom. The molecule has 0 radical (unpaired) electrons. The van der Waals surface area contributed by atoms with Gasteiger partial charge in [0.25, 0.3) is 0 Å². The molecule has 0 aromatic carbocycles. The van der Waals surface area contributed by atoms with E-state index in [4.69, 9.17) is 5.53 Å². The Morgan fingerprint density at radius 3 is 1.44 bits per heavy atom. The predicted octanol–water partition coefficient (Wildman–Crippen LogP) is 4.30. The second-order valence-corrected chi connectivity index (χ2v) is 6.40. The van der Waals surface area contributed by atoms with Gasteiger partial charge in [-0.05, 0) is 25.7 Å². The summed E-state index contributed by atoms with van der Waals surface area (Å²) < 4.78 is 0. The molecule has 0 saturated heterocycles. The number of nitrogens with zero attached hydrogens (tertiary/aromatic N) is 2. The summed E-state index contributed by atoms with van der Waals surface area (Å²) >= 11 is 2.34. The average Bonchev–Trinajstić information content (AvgIpc) is 2.33. The first-order valence-corrected chi connectivity index (χ1v) is 7.56. The maximum absolute atomic E-state index is 7.08. The van der Waals surface area contributed by atoms with Crippen molar-refractivity contribution < 1.29 is 4.79 Å². The quantitative estimate of drug-likeness (QED) is 0.403. The highest BCUT2D eigenvalue weighted by Crippen LogP contribution is 2.36. The molecule has 2 aliphatic rings. The zero-order valence-corrected chi connectivity index (χ0v) is 11.1. The second-order valence-electron chi connectivity index (χ2n) is 4.80. The van der Waals surface area contributed by atoms with Gasteiger partial charge >= 0.3 is 0 Å². The fraction of sp³-hybridized carbons (Fsp3) is 0.923. The van der Waals surface area contributed by atoms with Crippen molar-refractivity contribution in [3.63, 3.8) is 0 Å². The SMILES string of the molecule is C1CCC(SC2CCCCC2)CC1.C=[N+]=[N-]. The maximum Gasteiger partial charge on any atom is 0.245 e. The van der Waals surface area contributed by atoms with E-state index in [9.17, 15) is 0 Å². The van der Waals surface area contributed by atoms with Gasteiger partial charge in [0.15, 0.2) is 0 Å². The minimum atomic E-state index is 1.04. The summed E-state index contributed by atoms with van der Waals surface area (Å²) in [5.74, 6) is 0. The summed E-state index contributed by atoms with van der Waals surface area (Å²) in [5.41, 5.74) is 7.08. The van der Waals surface area contributed by atoms with E-state index in [-0.39, 0.29) is 0 Å². The molecule has 0 aromatic rings. The lowest BCUT2D eigenvalue weighted by atomic mass is 10.00. The van der Waals surface area contributed by atoms with Crippen LogP contribution in [0.25, 0.3) is 5.53 Å². The molecule has 2 nitrogen and oxygen atoms in total. The number of hydrogen-bond donors (Lipinski definition) is 0. The molecule has 0 heterocycles. The van der Waals surface area contributed by atoms with E-state index in [1.165, 1.54) is 64.2 Å². The van der Waals surface area contributed by atoms with Gasteiger partial charge in [0.1, 0.15) is 0 Å². The molecule has 2 rings (SSSR count). The largest absolute Gasteiger partial charge is 0.362 e. The van der Waals surface area contributed by atoms with Gasteiger partial charge in [-0.3, -0.25) is 0 Å². The van der Waals surface area contributed by atoms with Crippen LogP contribution in [0.3, 0.4) is 0 Å². The summed E-state index contributed by atoms with van der Waals surface area (Å²) in [6.07, 6.45) is 15.1. The standard InChI is InChI=1S/C12H22S.CH2N2/c1-3-7-11(8-4-1)13-12-9-5-2-6-10-12;1-3-2/h11-12H,1-10H2;1H2. The Bertz CT molecular complexity index is 184. The van der Waals surface area contributed by atoms with Crippen molar-refractivity contribution in [1.29, 1.82) is 0 Å². The van der Waals surface area contributed by atoms with Crippen LogP contribution in [0.4, 0.5) is 0 Å². The lowest BCUT2D eigenvalue weighted by Crippen LogP contribution is -2.16. The van der Waals surface area contributed by atoms with Gasteiger partial charge in [-0.25, -0.2) is 0 Å². The Hall–Kier alpha value is -0.270. The molecular formula is C13H24N2S. The Morgan fingerprint density at radius 1 is 0.812 bits per heavy atom. The van der Waals surface area contributed by atoms with Crippen molar-refractivity contribution in [3.05, 3.63) is 5.53 Å². The van der Waals surface area contributed by atoms with Gasteiger partial charge < -0.3 is 5.53 Å². The van der Waals surface area contributed by atoms with Gasteiger partial charge in [-0.1, -0.05) is 38.5 Å². The fourth-order valence-corrected chi connectivity index (χ4v) is 4.43. The van der Waals surface area contributed by atoms with Crippen molar-refractivity contribution in [2.75, 3.05) is 0 Å². The molecule has 2 saturated carbocycles. The minimum absolute atomic E-state index is 1.04. The molecule has 3 heteroatoms. The van der Waals surface area contributed by atoms with Gasteiger partial charge in [0.2, 0.25) is 6.72 Å². The molecule has 0 N–H and O–H groups in total. The number of thioether (sulfide) groups is 1. The zero-order valence-electron chi connectivity index (χ0n) is 10.2. The van der Waals surface area contributed by atoms with Crippen molar-refractivity contribution in [1.82, 2.24) is 0 Å². The lowest BCUT2D eigenvalue weighted by molar-refractivity contribution is 0.0110. The third kappa shape index (κ3) is 5.72. The Labute approximate surface area is 104 Å². The van der Waals surface area contributed by atoms with Crippen LogP contribution in [0.5, 0.6) is 0 Å². The van der Waals surface area contributed by atoms with Crippen LogP contribution < -0.4 is 0 Å². The van der Waals surface area contributed by atoms with E-state index >= 15 is 0 Å². The van der Waals surface area contributed by atoms with Crippen LogP contribution in [0.2, 0.25) is 0 Å². The highest BCUT2D eigenvalue weighted by molar-refractivity contribution is 8.00. The molecule has 2 fully saturated rings. The van der Waals surface area contributed by atoms with Gasteiger partial charge in [-0.2, -0.15) is 16.6 Å². The van der Waals surface area contributed by atoms with Crippen molar-refractivity contribution >= 4 is 18.5 Å². The molecule has 0 aromatic heterocycles. The second kappa shape index (κ2) is 8.83. The molecule has 0 aliphatic heterocycles. The van der Waals surface area contributed by atoms with E-state index in [1.807, 2.05) is 0 Å². The molecule has 0 spiro atoms. The van der Waals surface area contributed by atoms with Gasteiger partial charge in [-0.15, -0.1) is 0 Å². The summed E-state index contributed by atoms with van der Waals surface area (Å²) in [7, 11) is 0. The number of rotatable bonds is 2. The molecule has 0 unspecified atom stereocenters. The monoisotopic (exact) mass is 240 g/mol. The topological polar surface area (TPSA) is 36.4 Å². The first-order valence-electron chi connectivity index (χ1n) is 6.62. The minimum Gasteiger partial charge on any atom is -0.362 e. The summed E-state index contributed by atoms with van der Waals surface area (Å²) in [5, 5.41) is 2.08. The highest BCUT2D eigenvalue weighted by Gasteiger charge is 2.20. The van der Waals surface area contributed by atoms with Crippen LogP contribution in [0.15, 0.2) is 0 Å². The predicted molar refractivity (Wildman–Crippen MR) is 72.1 cm³/mol. The van der Waals surface area contributed by atoms with Crippen LogP contribution in [-0.4, -0.2) is 22.0 Å². The van der Waals surface area contributed by atoms with Crippen molar-refractivity contribution in [2.45, 2.75) is 74.7 Å². The molecule has 0 atom stereocenters.